The number of rotatable bonds is 3. The molecule has 6 heteroatoms. The van der Waals surface area contributed by atoms with E-state index in [1.807, 2.05) is 18.7 Å². The number of likely N-dealkylation sites (tertiary alicyclic amines) is 1. The van der Waals surface area contributed by atoms with Crippen LogP contribution in [0.1, 0.15) is 56.3 Å². The van der Waals surface area contributed by atoms with E-state index in [1.54, 1.807) is 16.3 Å². The summed E-state index contributed by atoms with van der Waals surface area (Å²) >= 11 is 1.59. The number of aryl methyl sites for hydroxylation is 1. The average molecular weight is 335 g/mol. The average Bonchev–Trinajstić information content (AvgIpc) is 2.95. The van der Waals surface area contributed by atoms with Crippen LogP contribution in [0.25, 0.3) is 0 Å². The highest BCUT2D eigenvalue weighted by Crippen LogP contribution is 2.33. The van der Waals surface area contributed by atoms with E-state index < -0.39 is 0 Å². The summed E-state index contributed by atoms with van der Waals surface area (Å²) in [6, 6.07) is 0.320. The van der Waals surface area contributed by atoms with Gasteiger partial charge in [0.1, 0.15) is 0 Å². The van der Waals surface area contributed by atoms with Gasteiger partial charge in [0.05, 0.1) is 6.04 Å². The summed E-state index contributed by atoms with van der Waals surface area (Å²) in [6.45, 7) is 6.70. The fourth-order valence-electron chi connectivity index (χ4n) is 3.59. The summed E-state index contributed by atoms with van der Waals surface area (Å²) in [5.74, 6) is 0.960. The Balaban J connectivity index is 1.80. The topological polar surface area (TPSA) is 55.2 Å². The van der Waals surface area contributed by atoms with Gasteiger partial charge in [-0.25, -0.2) is 4.98 Å². The summed E-state index contributed by atoms with van der Waals surface area (Å²) in [5, 5.41) is 0.765. The maximum absolute atomic E-state index is 12.8. The maximum atomic E-state index is 12.8. The molecule has 2 atom stereocenters. The predicted molar refractivity (Wildman–Crippen MR) is 92.0 cm³/mol. The van der Waals surface area contributed by atoms with Crippen molar-refractivity contribution < 1.29 is 4.79 Å². The molecule has 2 aliphatic heterocycles. The van der Waals surface area contributed by atoms with E-state index in [9.17, 15) is 9.59 Å². The van der Waals surface area contributed by atoms with Crippen LogP contribution in [0.3, 0.4) is 0 Å². The number of aromatic nitrogens is 2. The highest BCUT2D eigenvalue weighted by atomic mass is 32.2. The van der Waals surface area contributed by atoms with Gasteiger partial charge in [-0.05, 0) is 39.5 Å². The molecule has 0 radical (unpaired) electrons. The van der Waals surface area contributed by atoms with Gasteiger partial charge in [0.15, 0.2) is 5.16 Å². The first-order valence-electron chi connectivity index (χ1n) is 8.55. The minimum Gasteiger partial charge on any atom is -0.340 e. The number of piperidine rings is 1. The number of carbonyl (C=O) groups excluding carboxylic acids is 1. The van der Waals surface area contributed by atoms with E-state index >= 15 is 0 Å². The minimum atomic E-state index is -0.0544. The van der Waals surface area contributed by atoms with E-state index in [0.717, 1.165) is 42.4 Å². The fourth-order valence-corrected chi connectivity index (χ4v) is 4.78. The van der Waals surface area contributed by atoms with Crippen LogP contribution in [-0.4, -0.2) is 38.7 Å². The van der Waals surface area contributed by atoms with Gasteiger partial charge in [-0.2, -0.15) is 0 Å². The first kappa shape index (κ1) is 16.6. The molecule has 0 aromatic carbocycles. The summed E-state index contributed by atoms with van der Waals surface area (Å²) in [4.78, 5) is 31.9. The van der Waals surface area contributed by atoms with Gasteiger partial charge in [-0.15, -0.1) is 0 Å². The third-order valence-corrected chi connectivity index (χ3v) is 6.25. The van der Waals surface area contributed by atoms with Crippen molar-refractivity contribution in [2.24, 2.45) is 0 Å². The smallest absolute Gasteiger partial charge is 0.257 e. The Hall–Kier alpha value is -1.30. The standard InChI is InChI=1S/C17H25N3O2S/c1-4-13-7-5-6-8-19(13)15(21)9-14-10-23-17-18-12(3)11(2)16(22)20(14)17/h13-14H,4-10H2,1-3H3. The fraction of sp³-hybridized carbons (Fsp3) is 0.706. The molecule has 2 unspecified atom stereocenters. The van der Waals surface area contributed by atoms with Gasteiger partial charge in [0, 0.05) is 36.0 Å². The zero-order valence-corrected chi connectivity index (χ0v) is 15.0. The SMILES string of the molecule is CCC1CCCCN1C(=O)CC1CSc2nc(C)c(C)c(=O)n21. The van der Waals surface area contributed by atoms with E-state index in [2.05, 4.69) is 11.9 Å². The zero-order valence-electron chi connectivity index (χ0n) is 14.2. The third-order valence-electron chi connectivity index (χ3n) is 5.15. The zero-order chi connectivity index (χ0) is 16.6. The van der Waals surface area contributed by atoms with Crippen molar-refractivity contribution in [3.63, 3.8) is 0 Å². The Kier molecular flexibility index (Phi) is 4.80. The molecule has 1 saturated heterocycles. The van der Waals surface area contributed by atoms with Crippen molar-refractivity contribution in [1.29, 1.82) is 0 Å². The summed E-state index contributed by atoms with van der Waals surface area (Å²) in [7, 11) is 0. The van der Waals surface area contributed by atoms with E-state index in [1.165, 1.54) is 6.42 Å². The second-order valence-electron chi connectivity index (χ2n) is 6.59. The number of hydrogen-bond acceptors (Lipinski definition) is 4. The molecular formula is C17H25N3O2S. The Morgan fingerprint density at radius 1 is 1.30 bits per heavy atom. The Bertz CT molecular complexity index is 671. The Morgan fingerprint density at radius 3 is 2.83 bits per heavy atom. The molecule has 126 valence electrons. The van der Waals surface area contributed by atoms with Crippen LogP contribution in [0, 0.1) is 13.8 Å². The number of hydrogen-bond donors (Lipinski definition) is 0. The lowest BCUT2D eigenvalue weighted by atomic mass is 9.99. The van der Waals surface area contributed by atoms with Crippen LogP contribution in [0.5, 0.6) is 0 Å². The van der Waals surface area contributed by atoms with Crippen LogP contribution in [0.15, 0.2) is 9.95 Å². The molecule has 2 aliphatic rings. The van der Waals surface area contributed by atoms with E-state index in [0.29, 0.717) is 18.0 Å². The maximum Gasteiger partial charge on any atom is 0.257 e. The monoisotopic (exact) mass is 335 g/mol. The molecule has 5 nitrogen and oxygen atoms in total. The third kappa shape index (κ3) is 3.05. The van der Waals surface area contributed by atoms with Gasteiger partial charge < -0.3 is 4.90 Å². The predicted octanol–water partition coefficient (Wildman–Crippen LogP) is 2.69. The summed E-state index contributed by atoms with van der Waals surface area (Å²) < 4.78 is 1.75. The van der Waals surface area contributed by atoms with Gasteiger partial charge >= 0.3 is 0 Å². The summed E-state index contributed by atoms with van der Waals surface area (Å²) in [6.07, 6.45) is 4.85. The number of amides is 1. The van der Waals surface area contributed by atoms with Crippen LogP contribution in [0.2, 0.25) is 0 Å². The molecule has 1 amide bonds. The van der Waals surface area contributed by atoms with Gasteiger partial charge in [0.25, 0.3) is 5.56 Å². The molecule has 0 bridgehead atoms. The molecule has 3 heterocycles. The van der Waals surface area contributed by atoms with Crippen LogP contribution >= 0.6 is 11.8 Å². The molecule has 0 spiro atoms. The molecule has 3 rings (SSSR count). The van der Waals surface area contributed by atoms with E-state index in [-0.39, 0.29) is 17.5 Å². The second kappa shape index (κ2) is 6.67. The normalized spacial score (nSPS) is 23.9. The number of carbonyl (C=O) groups is 1. The quantitative estimate of drug-likeness (QED) is 0.797. The summed E-state index contributed by atoms with van der Waals surface area (Å²) in [5.41, 5.74) is 1.50. The molecule has 0 saturated carbocycles. The molecule has 23 heavy (non-hydrogen) atoms. The van der Waals surface area contributed by atoms with Crippen LogP contribution in [-0.2, 0) is 4.79 Å². The molecule has 1 aromatic heterocycles. The molecular weight excluding hydrogens is 310 g/mol. The highest BCUT2D eigenvalue weighted by Gasteiger charge is 2.32. The van der Waals surface area contributed by atoms with Crippen LogP contribution < -0.4 is 5.56 Å². The number of nitrogens with zero attached hydrogens (tertiary/aromatic N) is 3. The second-order valence-corrected chi connectivity index (χ2v) is 7.58. The van der Waals surface area contributed by atoms with Crippen molar-refractivity contribution in [2.45, 2.75) is 70.1 Å². The van der Waals surface area contributed by atoms with Crippen molar-refractivity contribution >= 4 is 17.7 Å². The van der Waals surface area contributed by atoms with Gasteiger partial charge in [-0.1, -0.05) is 18.7 Å². The lowest BCUT2D eigenvalue weighted by Gasteiger charge is -2.36. The van der Waals surface area contributed by atoms with Gasteiger partial charge in [0.2, 0.25) is 5.91 Å². The molecule has 1 aromatic rings. The Morgan fingerprint density at radius 2 is 2.09 bits per heavy atom. The van der Waals surface area contributed by atoms with Crippen molar-refractivity contribution in [3.05, 3.63) is 21.6 Å². The first-order valence-corrected chi connectivity index (χ1v) is 9.53. The van der Waals surface area contributed by atoms with Crippen LogP contribution in [0.4, 0.5) is 0 Å². The molecule has 0 aliphatic carbocycles. The first-order chi connectivity index (χ1) is 11.0. The number of fused-ring (bicyclic) bond motifs is 1. The Labute approximate surface area is 141 Å². The lowest BCUT2D eigenvalue weighted by Crippen LogP contribution is -2.44. The molecule has 1 fully saturated rings. The van der Waals surface area contributed by atoms with Gasteiger partial charge in [-0.3, -0.25) is 14.2 Å². The highest BCUT2D eigenvalue weighted by molar-refractivity contribution is 7.99. The van der Waals surface area contributed by atoms with Crippen molar-refractivity contribution in [3.8, 4) is 0 Å². The minimum absolute atomic E-state index is 0.0148. The number of thioether (sulfide) groups is 1. The lowest BCUT2D eigenvalue weighted by molar-refractivity contribution is -0.135. The van der Waals surface area contributed by atoms with Crippen molar-refractivity contribution in [2.75, 3.05) is 12.3 Å². The molecule has 0 N–H and O–H groups in total. The van der Waals surface area contributed by atoms with Crippen molar-refractivity contribution in [1.82, 2.24) is 14.5 Å². The van der Waals surface area contributed by atoms with E-state index in [4.69, 9.17) is 0 Å². The largest absolute Gasteiger partial charge is 0.340 e.